The van der Waals surface area contributed by atoms with Gasteiger partial charge in [0.25, 0.3) is 0 Å². The normalized spacial score (nSPS) is 10.5. The Morgan fingerprint density at radius 1 is 1.24 bits per heavy atom. The predicted molar refractivity (Wildman–Crippen MR) is 75.3 cm³/mol. The van der Waals surface area contributed by atoms with Gasteiger partial charge in [0.05, 0.1) is 17.3 Å². The van der Waals surface area contributed by atoms with E-state index in [4.69, 9.17) is 11.6 Å². The first-order chi connectivity index (χ1) is 8.29. The Morgan fingerprint density at radius 3 is 2.82 bits per heavy atom. The molecule has 1 heterocycles. The summed E-state index contributed by atoms with van der Waals surface area (Å²) in [5.74, 6) is 1.98. The molecule has 0 bridgehead atoms. The van der Waals surface area contributed by atoms with Gasteiger partial charge in [0.2, 0.25) is 0 Å². The predicted octanol–water partition coefficient (Wildman–Crippen LogP) is 4.27. The number of hydrogen-bond donors (Lipinski definition) is 0. The zero-order chi connectivity index (χ0) is 12.1. The molecule has 1 aromatic carbocycles. The highest BCUT2D eigenvalue weighted by Gasteiger charge is 2.03. The summed E-state index contributed by atoms with van der Waals surface area (Å²) in [4.78, 5) is 9.77. The van der Waals surface area contributed by atoms with Crippen molar-refractivity contribution < 1.29 is 0 Å². The van der Waals surface area contributed by atoms with Crippen molar-refractivity contribution in [3.05, 3.63) is 52.5 Å². The Labute approximate surface area is 118 Å². The molecule has 0 N–H and O–H groups in total. The number of alkyl halides is 1. The minimum Gasteiger partial charge on any atom is -0.240 e. The first kappa shape index (κ1) is 12.9. The summed E-state index contributed by atoms with van der Waals surface area (Å²) in [6.45, 7) is 0. The summed E-state index contributed by atoms with van der Waals surface area (Å²) in [6, 6.07) is 9.94. The summed E-state index contributed by atoms with van der Waals surface area (Å²) in [5, 5.41) is 0. The maximum Gasteiger partial charge on any atom is 0.138 e. The van der Waals surface area contributed by atoms with Crippen LogP contribution >= 0.6 is 39.3 Å². The van der Waals surface area contributed by atoms with Crippen LogP contribution < -0.4 is 0 Å². The molecule has 0 spiro atoms. The van der Waals surface area contributed by atoms with Crippen LogP contribution in [0.3, 0.4) is 0 Å². The van der Waals surface area contributed by atoms with Crippen LogP contribution in [0, 0.1) is 0 Å². The molecular weight excluding hydrogens is 320 g/mol. The van der Waals surface area contributed by atoms with Gasteiger partial charge in [0.15, 0.2) is 0 Å². The minimum atomic E-state index is 0.426. The summed E-state index contributed by atoms with van der Waals surface area (Å²) in [7, 11) is 0. The molecule has 0 amide bonds. The Kier molecular flexibility index (Phi) is 4.83. The van der Waals surface area contributed by atoms with Gasteiger partial charge in [-0.1, -0.05) is 12.1 Å². The molecule has 2 nitrogen and oxygen atoms in total. The fourth-order valence-electron chi connectivity index (χ4n) is 1.29. The molecule has 0 saturated heterocycles. The topological polar surface area (TPSA) is 25.8 Å². The summed E-state index contributed by atoms with van der Waals surface area (Å²) in [5.41, 5.74) is 0.865. The molecule has 2 rings (SSSR count). The highest BCUT2D eigenvalue weighted by atomic mass is 79.9. The van der Waals surface area contributed by atoms with E-state index in [1.807, 2.05) is 24.3 Å². The summed E-state index contributed by atoms with van der Waals surface area (Å²) >= 11 is 11.0. The van der Waals surface area contributed by atoms with Crippen LogP contribution in [-0.2, 0) is 11.6 Å². The molecule has 0 unspecified atom stereocenters. The van der Waals surface area contributed by atoms with Crippen molar-refractivity contribution in [1.82, 2.24) is 9.97 Å². The number of thioether (sulfide) groups is 1. The SMILES string of the molecule is ClCc1ccnc(CSc2ccccc2Br)n1. The van der Waals surface area contributed by atoms with E-state index in [0.717, 1.165) is 21.7 Å². The van der Waals surface area contributed by atoms with E-state index >= 15 is 0 Å². The van der Waals surface area contributed by atoms with Gasteiger partial charge >= 0.3 is 0 Å². The van der Waals surface area contributed by atoms with Gasteiger partial charge in [-0.2, -0.15) is 0 Å². The number of nitrogens with zero attached hydrogens (tertiary/aromatic N) is 2. The first-order valence-corrected chi connectivity index (χ1v) is 7.35. The Morgan fingerprint density at radius 2 is 2.06 bits per heavy atom. The van der Waals surface area contributed by atoms with E-state index in [0.29, 0.717) is 5.88 Å². The second-order valence-corrected chi connectivity index (χ2v) is 5.46. The van der Waals surface area contributed by atoms with Crippen molar-refractivity contribution in [3.63, 3.8) is 0 Å². The molecule has 0 aliphatic rings. The van der Waals surface area contributed by atoms with Gasteiger partial charge in [-0.05, 0) is 34.1 Å². The minimum absolute atomic E-state index is 0.426. The van der Waals surface area contributed by atoms with Crippen molar-refractivity contribution in [2.75, 3.05) is 0 Å². The molecule has 1 aromatic heterocycles. The van der Waals surface area contributed by atoms with Crippen molar-refractivity contribution in [2.24, 2.45) is 0 Å². The number of hydrogen-bond acceptors (Lipinski definition) is 3. The van der Waals surface area contributed by atoms with E-state index < -0.39 is 0 Å². The van der Waals surface area contributed by atoms with Crippen molar-refractivity contribution in [1.29, 1.82) is 0 Å². The fraction of sp³-hybridized carbons (Fsp3) is 0.167. The quantitative estimate of drug-likeness (QED) is 0.619. The summed E-state index contributed by atoms with van der Waals surface area (Å²) in [6.07, 6.45) is 1.75. The molecule has 0 fully saturated rings. The van der Waals surface area contributed by atoms with Crippen LogP contribution in [0.25, 0.3) is 0 Å². The third-order valence-electron chi connectivity index (χ3n) is 2.09. The van der Waals surface area contributed by atoms with Gasteiger partial charge in [-0.3, -0.25) is 0 Å². The van der Waals surface area contributed by atoms with Crippen LogP contribution in [0.1, 0.15) is 11.5 Å². The highest BCUT2D eigenvalue weighted by molar-refractivity contribution is 9.10. The molecule has 5 heteroatoms. The third-order valence-corrected chi connectivity index (χ3v) is 4.39. The molecular formula is C12H10BrClN2S. The average molecular weight is 330 g/mol. The number of benzene rings is 1. The summed E-state index contributed by atoms with van der Waals surface area (Å²) < 4.78 is 1.10. The van der Waals surface area contributed by atoms with Gasteiger partial charge in [-0.15, -0.1) is 23.4 Å². The zero-order valence-electron chi connectivity index (χ0n) is 8.94. The van der Waals surface area contributed by atoms with Crippen LogP contribution in [0.4, 0.5) is 0 Å². The molecule has 88 valence electrons. The molecule has 0 atom stereocenters. The average Bonchev–Trinajstić information content (AvgIpc) is 2.38. The van der Waals surface area contributed by atoms with E-state index in [9.17, 15) is 0 Å². The van der Waals surface area contributed by atoms with Crippen LogP contribution in [-0.4, -0.2) is 9.97 Å². The standard InChI is InChI=1S/C12H10BrClN2S/c13-10-3-1-2-4-11(10)17-8-12-15-6-5-9(7-14)16-12/h1-6H,7-8H2. The Balaban J connectivity index is 2.05. The number of aromatic nitrogens is 2. The van der Waals surface area contributed by atoms with E-state index in [1.165, 1.54) is 4.90 Å². The molecule has 0 saturated carbocycles. The van der Waals surface area contributed by atoms with Gasteiger partial charge < -0.3 is 0 Å². The third kappa shape index (κ3) is 3.69. The lowest BCUT2D eigenvalue weighted by Crippen LogP contribution is -1.95. The smallest absolute Gasteiger partial charge is 0.138 e. The van der Waals surface area contributed by atoms with E-state index in [2.05, 4.69) is 32.0 Å². The Bertz CT molecular complexity index is 507. The molecule has 17 heavy (non-hydrogen) atoms. The lowest BCUT2D eigenvalue weighted by atomic mass is 10.4. The molecule has 0 aliphatic heterocycles. The first-order valence-electron chi connectivity index (χ1n) is 5.03. The second kappa shape index (κ2) is 6.38. The highest BCUT2D eigenvalue weighted by Crippen LogP contribution is 2.28. The molecule has 2 aromatic rings. The fourth-order valence-corrected chi connectivity index (χ4v) is 2.87. The maximum atomic E-state index is 5.74. The van der Waals surface area contributed by atoms with Gasteiger partial charge in [-0.25, -0.2) is 9.97 Å². The lowest BCUT2D eigenvalue weighted by molar-refractivity contribution is 0.986. The van der Waals surface area contributed by atoms with E-state index in [1.54, 1.807) is 18.0 Å². The second-order valence-electron chi connectivity index (χ2n) is 3.32. The largest absolute Gasteiger partial charge is 0.240 e. The lowest BCUT2D eigenvalue weighted by Gasteiger charge is -2.03. The van der Waals surface area contributed by atoms with Crippen molar-refractivity contribution >= 4 is 39.3 Å². The van der Waals surface area contributed by atoms with Gasteiger partial charge in [0, 0.05) is 15.6 Å². The van der Waals surface area contributed by atoms with Crippen LogP contribution in [0.15, 0.2) is 45.9 Å². The number of halogens is 2. The van der Waals surface area contributed by atoms with Gasteiger partial charge in [0.1, 0.15) is 5.82 Å². The van der Waals surface area contributed by atoms with Crippen LogP contribution in [0.5, 0.6) is 0 Å². The maximum absolute atomic E-state index is 5.74. The van der Waals surface area contributed by atoms with Crippen LogP contribution in [0.2, 0.25) is 0 Å². The molecule has 0 radical (unpaired) electrons. The van der Waals surface area contributed by atoms with Crippen molar-refractivity contribution in [3.8, 4) is 0 Å². The Hall–Kier alpha value is -0.580. The van der Waals surface area contributed by atoms with E-state index in [-0.39, 0.29) is 0 Å². The number of rotatable bonds is 4. The monoisotopic (exact) mass is 328 g/mol. The van der Waals surface area contributed by atoms with Crippen molar-refractivity contribution in [2.45, 2.75) is 16.5 Å². The molecule has 0 aliphatic carbocycles. The zero-order valence-corrected chi connectivity index (χ0v) is 12.1.